The second-order valence-electron chi connectivity index (χ2n) is 7.69. The summed E-state index contributed by atoms with van der Waals surface area (Å²) in [6, 6.07) is 15.7. The number of imidazole rings is 1. The third-order valence-corrected chi connectivity index (χ3v) is 5.09. The van der Waals surface area contributed by atoms with Crippen LogP contribution in [0.2, 0.25) is 0 Å². The average Bonchev–Trinajstić information content (AvgIpc) is 3.13. The van der Waals surface area contributed by atoms with Crippen LogP contribution in [-0.2, 0) is 11.8 Å². The Labute approximate surface area is 172 Å². The number of nitrogens with zero attached hydrogens (tertiary/aromatic N) is 2. The molecule has 152 valence electrons. The Hall–Kier alpha value is -3.08. The van der Waals surface area contributed by atoms with Gasteiger partial charge in [0.15, 0.2) is 6.10 Å². The highest BCUT2D eigenvalue weighted by atomic mass is 16.5. The number of carbonyl (C=O) groups is 1. The molecule has 0 fully saturated rings. The lowest BCUT2D eigenvalue weighted by Gasteiger charge is -2.23. The van der Waals surface area contributed by atoms with E-state index >= 15 is 0 Å². The van der Waals surface area contributed by atoms with Gasteiger partial charge in [0.05, 0.1) is 0 Å². The lowest BCUT2D eigenvalue weighted by atomic mass is 10.0. The fourth-order valence-corrected chi connectivity index (χ4v) is 3.20. The van der Waals surface area contributed by atoms with E-state index < -0.39 is 6.10 Å². The summed E-state index contributed by atoms with van der Waals surface area (Å²) in [5.74, 6) is 1.73. The molecule has 29 heavy (non-hydrogen) atoms. The predicted octanol–water partition coefficient (Wildman–Crippen LogP) is 4.53. The van der Waals surface area contributed by atoms with Crippen molar-refractivity contribution < 1.29 is 9.53 Å². The number of carbonyl (C=O) groups excluding carboxylic acids is 1. The molecule has 3 rings (SSSR count). The van der Waals surface area contributed by atoms with E-state index in [4.69, 9.17) is 4.74 Å². The highest BCUT2D eigenvalue weighted by molar-refractivity contribution is 5.81. The van der Waals surface area contributed by atoms with Crippen LogP contribution in [0.4, 0.5) is 0 Å². The molecule has 0 spiro atoms. The third kappa shape index (κ3) is 4.86. The number of aryl methyl sites for hydroxylation is 2. The van der Waals surface area contributed by atoms with Crippen molar-refractivity contribution >= 4 is 5.91 Å². The highest BCUT2D eigenvalue weighted by Crippen LogP contribution is 2.26. The molecule has 1 aromatic heterocycles. The standard InChI is InChI=1S/C24H29N3O2/c1-16(2)20-12-11-17(3)21(15-20)29-18(4)24(28)26-22(19-9-7-6-8-10-19)23-25-13-14-27(23)5/h6-16,18,22H,1-5H3,(H,26,28). The molecule has 0 aliphatic carbocycles. The molecule has 0 bridgehead atoms. The second kappa shape index (κ2) is 8.95. The minimum absolute atomic E-state index is 0.184. The number of rotatable bonds is 7. The minimum Gasteiger partial charge on any atom is -0.481 e. The molecule has 0 saturated heterocycles. The van der Waals surface area contributed by atoms with Gasteiger partial charge in [-0.25, -0.2) is 4.98 Å². The number of aromatic nitrogens is 2. The lowest BCUT2D eigenvalue weighted by Crippen LogP contribution is -2.39. The summed E-state index contributed by atoms with van der Waals surface area (Å²) >= 11 is 0. The Kier molecular flexibility index (Phi) is 6.37. The molecule has 1 amide bonds. The largest absolute Gasteiger partial charge is 0.481 e. The first-order valence-corrected chi connectivity index (χ1v) is 9.96. The van der Waals surface area contributed by atoms with Crippen LogP contribution in [0.3, 0.4) is 0 Å². The molecule has 1 N–H and O–H groups in total. The van der Waals surface area contributed by atoms with Crippen LogP contribution in [0.15, 0.2) is 60.9 Å². The molecule has 3 aromatic rings. The molecule has 2 unspecified atom stereocenters. The zero-order valence-electron chi connectivity index (χ0n) is 17.7. The molecular formula is C24H29N3O2. The van der Waals surface area contributed by atoms with E-state index in [2.05, 4.69) is 30.2 Å². The first kappa shape index (κ1) is 20.6. The smallest absolute Gasteiger partial charge is 0.261 e. The summed E-state index contributed by atoms with van der Waals surface area (Å²) in [6.45, 7) is 8.05. The summed E-state index contributed by atoms with van der Waals surface area (Å²) in [5, 5.41) is 3.11. The average molecular weight is 392 g/mol. The SMILES string of the molecule is Cc1ccc(C(C)C)cc1OC(C)C(=O)NC(c1ccccc1)c1nccn1C. The Morgan fingerprint density at radius 3 is 2.41 bits per heavy atom. The van der Waals surface area contributed by atoms with E-state index in [1.165, 1.54) is 5.56 Å². The minimum atomic E-state index is -0.636. The number of benzene rings is 2. The third-order valence-electron chi connectivity index (χ3n) is 5.09. The van der Waals surface area contributed by atoms with Crippen LogP contribution in [0.5, 0.6) is 5.75 Å². The predicted molar refractivity (Wildman–Crippen MR) is 115 cm³/mol. The summed E-state index contributed by atoms with van der Waals surface area (Å²) in [5.41, 5.74) is 3.17. The number of nitrogens with one attached hydrogen (secondary N) is 1. The van der Waals surface area contributed by atoms with Crippen LogP contribution in [0.1, 0.15) is 55.2 Å². The lowest BCUT2D eigenvalue weighted by molar-refractivity contribution is -0.127. The fourth-order valence-electron chi connectivity index (χ4n) is 3.20. The molecule has 2 aromatic carbocycles. The van der Waals surface area contributed by atoms with E-state index in [0.29, 0.717) is 5.92 Å². The number of amides is 1. The zero-order chi connectivity index (χ0) is 21.0. The number of ether oxygens (including phenoxy) is 1. The molecular weight excluding hydrogens is 362 g/mol. The monoisotopic (exact) mass is 391 g/mol. The maximum atomic E-state index is 13.0. The summed E-state index contributed by atoms with van der Waals surface area (Å²) in [7, 11) is 1.92. The Bertz CT molecular complexity index is 963. The van der Waals surface area contributed by atoms with Gasteiger partial charge < -0.3 is 14.6 Å². The molecule has 0 aliphatic rings. The zero-order valence-corrected chi connectivity index (χ0v) is 17.7. The number of hydrogen-bond donors (Lipinski definition) is 1. The van der Waals surface area contributed by atoms with E-state index in [-0.39, 0.29) is 11.9 Å². The maximum Gasteiger partial charge on any atom is 0.261 e. The summed E-state index contributed by atoms with van der Waals surface area (Å²) in [6.07, 6.45) is 2.97. The molecule has 5 nitrogen and oxygen atoms in total. The number of hydrogen-bond acceptors (Lipinski definition) is 3. The van der Waals surface area contributed by atoms with Gasteiger partial charge in [-0.1, -0.05) is 56.3 Å². The topological polar surface area (TPSA) is 56.1 Å². The van der Waals surface area contributed by atoms with Gasteiger partial charge in [-0.3, -0.25) is 4.79 Å². The van der Waals surface area contributed by atoms with Crippen LogP contribution in [0, 0.1) is 6.92 Å². The maximum absolute atomic E-state index is 13.0. The van der Waals surface area contributed by atoms with Crippen molar-refractivity contribution in [2.24, 2.45) is 7.05 Å². The van der Waals surface area contributed by atoms with Gasteiger partial charge in [-0.2, -0.15) is 0 Å². The Balaban J connectivity index is 1.80. The van der Waals surface area contributed by atoms with Gasteiger partial charge in [0, 0.05) is 19.4 Å². The van der Waals surface area contributed by atoms with Crippen molar-refractivity contribution in [3.05, 3.63) is 83.4 Å². The normalized spacial score (nSPS) is 13.2. The van der Waals surface area contributed by atoms with E-state index in [0.717, 1.165) is 22.7 Å². The Morgan fingerprint density at radius 1 is 1.07 bits per heavy atom. The van der Waals surface area contributed by atoms with Crippen molar-refractivity contribution in [1.29, 1.82) is 0 Å². The van der Waals surface area contributed by atoms with E-state index in [9.17, 15) is 4.79 Å². The molecule has 0 radical (unpaired) electrons. The molecule has 0 saturated carbocycles. The van der Waals surface area contributed by atoms with Crippen molar-refractivity contribution in [3.8, 4) is 5.75 Å². The van der Waals surface area contributed by atoms with Crippen LogP contribution in [-0.4, -0.2) is 21.6 Å². The van der Waals surface area contributed by atoms with E-state index in [1.807, 2.05) is 67.2 Å². The molecule has 1 heterocycles. The van der Waals surface area contributed by atoms with Crippen molar-refractivity contribution in [2.75, 3.05) is 0 Å². The van der Waals surface area contributed by atoms with Gasteiger partial charge in [-0.15, -0.1) is 0 Å². The van der Waals surface area contributed by atoms with Crippen LogP contribution >= 0.6 is 0 Å². The van der Waals surface area contributed by atoms with Gasteiger partial charge >= 0.3 is 0 Å². The highest BCUT2D eigenvalue weighted by Gasteiger charge is 2.24. The Morgan fingerprint density at radius 2 is 1.79 bits per heavy atom. The molecule has 0 aliphatic heterocycles. The van der Waals surface area contributed by atoms with Crippen molar-refractivity contribution in [2.45, 2.75) is 45.8 Å². The van der Waals surface area contributed by atoms with Gasteiger partial charge in [0.2, 0.25) is 0 Å². The van der Waals surface area contributed by atoms with Gasteiger partial charge in [-0.05, 0) is 42.5 Å². The summed E-state index contributed by atoms with van der Waals surface area (Å²) in [4.78, 5) is 17.4. The van der Waals surface area contributed by atoms with Gasteiger partial charge in [0.1, 0.15) is 17.6 Å². The van der Waals surface area contributed by atoms with E-state index in [1.54, 1.807) is 13.1 Å². The van der Waals surface area contributed by atoms with Crippen LogP contribution in [0.25, 0.3) is 0 Å². The fraction of sp³-hybridized carbons (Fsp3) is 0.333. The summed E-state index contributed by atoms with van der Waals surface area (Å²) < 4.78 is 7.96. The first-order valence-electron chi connectivity index (χ1n) is 9.96. The first-order chi connectivity index (χ1) is 13.9. The second-order valence-corrected chi connectivity index (χ2v) is 7.69. The molecule has 2 atom stereocenters. The van der Waals surface area contributed by atoms with Gasteiger partial charge in [0.25, 0.3) is 5.91 Å². The quantitative estimate of drug-likeness (QED) is 0.644. The van der Waals surface area contributed by atoms with Crippen molar-refractivity contribution in [1.82, 2.24) is 14.9 Å². The van der Waals surface area contributed by atoms with Crippen molar-refractivity contribution in [3.63, 3.8) is 0 Å². The van der Waals surface area contributed by atoms with Crippen LogP contribution < -0.4 is 10.1 Å². The molecule has 5 heteroatoms.